The number of carbonyl (C=O) groups excluding carboxylic acids is 2. The summed E-state index contributed by atoms with van der Waals surface area (Å²) in [6.45, 7) is 8.96. The fourth-order valence-electron chi connectivity index (χ4n) is 2.11. The second kappa shape index (κ2) is 5.99. The standard InChI is InChI=1S/C16H22N2O2/c1-10-8-6-7-9-12(10)13(17)15(20)18-14(11(2)19)16(3,4)5/h6-9,14,17H,1-5H3,(H,18,20). The second-order valence-electron chi connectivity index (χ2n) is 6.07. The number of rotatable bonds is 4. The maximum atomic E-state index is 12.2. The van der Waals surface area contributed by atoms with E-state index in [9.17, 15) is 9.59 Å². The number of aryl methyl sites for hydroxylation is 1. The maximum Gasteiger partial charge on any atom is 0.270 e. The Morgan fingerprint density at radius 1 is 1.20 bits per heavy atom. The number of benzene rings is 1. The summed E-state index contributed by atoms with van der Waals surface area (Å²) in [5, 5.41) is 10.7. The average molecular weight is 274 g/mol. The lowest BCUT2D eigenvalue weighted by atomic mass is 9.84. The first-order valence-electron chi connectivity index (χ1n) is 6.60. The van der Waals surface area contributed by atoms with Crippen LogP contribution in [0.4, 0.5) is 0 Å². The summed E-state index contributed by atoms with van der Waals surface area (Å²) in [7, 11) is 0. The molecule has 108 valence electrons. The van der Waals surface area contributed by atoms with Crippen LogP contribution in [0.3, 0.4) is 0 Å². The van der Waals surface area contributed by atoms with Crippen molar-refractivity contribution in [1.29, 1.82) is 5.41 Å². The van der Waals surface area contributed by atoms with Crippen molar-refractivity contribution >= 4 is 17.4 Å². The number of nitrogens with one attached hydrogen (secondary N) is 2. The molecule has 4 nitrogen and oxygen atoms in total. The highest BCUT2D eigenvalue weighted by Crippen LogP contribution is 2.20. The van der Waals surface area contributed by atoms with Crippen LogP contribution in [-0.4, -0.2) is 23.4 Å². The molecule has 0 aliphatic carbocycles. The highest BCUT2D eigenvalue weighted by atomic mass is 16.2. The molecule has 0 saturated heterocycles. The zero-order valence-corrected chi connectivity index (χ0v) is 12.7. The molecule has 1 atom stereocenters. The smallest absolute Gasteiger partial charge is 0.270 e. The van der Waals surface area contributed by atoms with Gasteiger partial charge in [0.1, 0.15) is 5.71 Å². The molecule has 0 heterocycles. The van der Waals surface area contributed by atoms with Crippen LogP contribution in [0, 0.1) is 17.7 Å². The minimum Gasteiger partial charge on any atom is -0.340 e. The molecule has 0 bridgehead atoms. The molecule has 2 N–H and O–H groups in total. The summed E-state index contributed by atoms with van der Waals surface area (Å²) >= 11 is 0. The molecule has 4 heteroatoms. The predicted octanol–water partition coefficient (Wildman–Crippen LogP) is 2.48. The summed E-state index contributed by atoms with van der Waals surface area (Å²) in [6.07, 6.45) is 0. The second-order valence-corrected chi connectivity index (χ2v) is 6.07. The van der Waals surface area contributed by atoms with Crippen molar-refractivity contribution in [2.45, 2.75) is 40.7 Å². The van der Waals surface area contributed by atoms with E-state index in [0.717, 1.165) is 5.56 Å². The first-order chi connectivity index (χ1) is 9.14. The summed E-state index contributed by atoms with van der Waals surface area (Å²) in [5.41, 5.74) is 0.954. The van der Waals surface area contributed by atoms with Gasteiger partial charge in [0.15, 0.2) is 5.78 Å². The van der Waals surface area contributed by atoms with Crippen molar-refractivity contribution in [1.82, 2.24) is 5.32 Å². The quantitative estimate of drug-likeness (QED) is 0.828. The zero-order valence-electron chi connectivity index (χ0n) is 12.7. The fourth-order valence-corrected chi connectivity index (χ4v) is 2.11. The van der Waals surface area contributed by atoms with Crippen LogP contribution >= 0.6 is 0 Å². The van der Waals surface area contributed by atoms with Gasteiger partial charge in [0.25, 0.3) is 5.91 Å². The van der Waals surface area contributed by atoms with Crippen LogP contribution in [0.1, 0.15) is 38.8 Å². The number of ketones is 1. The van der Waals surface area contributed by atoms with Gasteiger partial charge in [-0.3, -0.25) is 15.0 Å². The molecule has 20 heavy (non-hydrogen) atoms. The van der Waals surface area contributed by atoms with Gasteiger partial charge in [0.2, 0.25) is 0 Å². The number of hydrogen-bond acceptors (Lipinski definition) is 3. The molecular weight excluding hydrogens is 252 g/mol. The van der Waals surface area contributed by atoms with Crippen molar-refractivity contribution < 1.29 is 9.59 Å². The summed E-state index contributed by atoms with van der Waals surface area (Å²) in [6, 6.07) is 6.63. The van der Waals surface area contributed by atoms with Crippen LogP contribution in [0.15, 0.2) is 24.3 Å². The SMILES string of the molecule is CC(=O)C(NC(=O)C(=N)c1ccccc1C)C(C)(C)C. The van der Waals surface area contributed by atoms with Crippen molar-refractivity contribution in [3.05, 3.63) is 35.4 Å². The van der Waals surface area contributed by atoms with E-state index < -0.39 is 11.9 Å². The van der Waals surface area contributed by atoms with E-state index in [1.807, 2.05) is 39.8 Å². The van der Waals surface area contributed by atoms with Crippen molar-refractivity contribution in [3.63, 3.8) is 0 Å². The maximum absolute atomic E-state index is 12.2. The summed E-state index contributed by atoms with van der Waals surface area (Å²) in [4.78, 5) is 23.8. The normalized spacial score (nSPS) is 12.7. The number of Topliss-reactive ketones (excluding diaryl/α,β-unsaturated/α-hetero) is 1. The monoisotopic (exact) mass is 274 g/mol. The highest BCUT2D eigenvalue weighted by Gasteiger charge is 2.31. The van der Waals surface area contributed by atoms with Crippen LogP contribution in [-0.2, 0) is 9.59 Å². The summed E-state index contributed by atoms with van der Waals surface area (Å²) < 4.78 is 0. The van der Waals surface area contributed by atoms with Gasteiger partial charge in [-0.1, -0.05) is 45.0 Å². The lowest BCUT2D eigenvalue weighted by Gasteiger charge is -2.29. The van der Waals surface area contributed by atoms with Gasteiger partial charge in [-0.15, -0.1) is 0 Å². The Kier molecular flexibility index (Phi) is 4.82. The Morgan fingerprint density at radius 3 is 2.20 bits per heavy atom. The van der Waals surface area contributed by atoms with Crippen molar-refractivity contribution in [2.24, 2.45) is 5.41 Å². The van der Waals surface area contributed by atoms with Crippen LogP contribution < -0.4 is 5.32 Å². The first kappa shape index (κ1) is 16.1. The van der Waals surface area contributed by atoms with Gasteiger partial charge >= 0.3 is 0 Å². The summed E-state index contributed by atoms with van der Waals surface area (Å²) in [5.74, 6) is -0.627. The Bertz CT molecular complexity index is 542. The lowest BCUT2D eigenvalue weighted by Crippen LogP contribution is -2.50. The molecule has 1 aromatic rings. The Balaban J connectivity index is 2.94. The molecule has 1 unspecified atom stereocenters. The molecule has 0 aliphatic rings. The van der Waals surface area contributed by atoms with Gasteiger partial charge in [-0.05, 0) is 24.8 Å². The topological polar surface area (TPSA) is 70.0 Å². The third-order valence-corrected chi connectivity index (χ3v) is 3.19. The first-order valence-corrected chi connectivity index (χ1v) is 6.60. The molecule has 1 amide bonds. The van der Waals surface area contributed by atoms with Crippen LogP contribution in [0.2, 0.25) is 0 Å². The fraction of sp³-hybridized carbons (Fsp3) is 0.438. The Labute approximate surface area is 120 Å². The molecular formula is C16H22N2O2. The van der Waals surface area contributed by atoms with E-state index in [0.29, 0.717) is 5.56 Å². The molecule has 1 aromatic carbocycles. The molecule has 0 aromatic heterocycles. The van der Waals surface area contributed by atoms with Crippen LogP contribution in [0.25, 0.3) is 0 Å². The average Bonchev–Trinajstić information content (AvgIpc) is 2.33. The van der Waals surface area contributed by atoms with Crippen LogP contribution in [0.5, 0.6) is 0 Å². The molecule has 0 saturated carbocycles. The highest BCUT2D eigenvalue weighted by molar-refractivity contribution is 6.44. The third kappa shape index (κ3) is 3.76. The zero-order chi connectivity index (χ0) is 15.5. The van der Waals surface area contributed by atoms with Crippen molar-refractivity contribution in [2.75, 3.05) is 0 Å². The Hall–Kier alpha value is -1.97. The van der Waals surface area contributed by atoms with E-state index in [2.05, 4.69) is 5.32 Å². The lowest BCUT2D eigenvalue weighted by molar-refractivity contribution is -0.126. The Morgan fingerprint density at radius 2 is 1.75 bits per heavy atom. The number of hydrogen-bond donors (Lipinski definition) is 2. The van der Waals surface area contributed by atoms with Gasteiger partial charge in [-0.2, -0.15) is 0 Å². The minimum atomic E-state index is -0.598. The van der Waals surface area contributed by atoms with E-state index in [1.54, 1.807) is 12.1 Å². The van der Waals surface area contributed by atoms with Gasteiger partial charge in [0, 0.05) is 5.56 Å². The molecule has 0 aliphatic heterocycles. The van der Waals surface area contributed by atoms with Gasteiger partial charge < -0.3 is 5.32 Å². The third-order valence-electron chi connectivity index (χ3n) is 3.19. The molecule has 0 spiro atoms. The number of amides is 1. The minimum absolute atomic E-state index is 0.108. The largest absolute Gasteiger partial charge is 0.340 e. The van der Waals surface area contributed by atoms with E-state index in [-0.39, 0.29) is 16.9 Å². The molecule has 1 rings (SSSR count). The van der Waals surface area contributed by atoms with Gasteiger partial charge in [-0.25, -0.2) is 0 Å². The van der Waals surface area contributed by atoms with E-state index >= 15 is 0 Å². The van der Waals surface area contributed by atoms with E-state index in [1.165, 1.54) is 6.92 Å². The van der Waals surface area contributed by atoms with E-state index in [4.69, 9.17) is 5.41 Å². The number of carbonyl (C=O) groups is 2. The van der Waals surface area contributed by atoms with Gasteiger partial charge in [0.05, 0.1) is 6.04 Å². The predicted molar refractivity (Wildman–Crippen MR) is 80.1 cm³/mol. The molecule has 0 fully saturated rings. The molecule has 0 radical (unpaired) electrons. The van der Waals surface area contributed by atoms with Crippen molar-refractivity contribution in [3.8, 4) is 0 Å².